The Kier molecular flexibility index (Phi) is 2.65. The van der Waals surface area contributed by atoms with E-state index in [1.54, 1.807) is 0 Å². The van der Waals surface area contributed by atoms with Crippen LogP contribution in [0.4, 0.5) is 0 Å². The van der Waals surface area contributed by atoms with Crippen LogP contribution in [0.2, 0.25) is 0 Å². The van der Waals surface area contributed by atoms with Crippen LogP contribution in [0.3, 0.4) is 0 Å². The van der Waals surface area contributed by atoms with E-state index in [0.717, 1.165) is 43.3 Å². The van der Waals surface area contributed by atoms with Gasteiger partial charge >= 0.3 is 0 Å². The second kappa shape index (κ2) is 3.65. The molecule has 0 aromatic rings. The predicted molar refractivity (Wildman–Crippen MR) is 54.9 cm³/mol. The van der Waals surface area contributed by atoms with E-state index in [1.165, 1.54) is 26.2 Å². The van der Waals surface area contributed by atoms with Gasteiger partial charge in [0, 0.05) is 0 Å². The van der Waals surface area contributed by atoms with Gasteiger partial charge < -0.3 is 9.90 Å². The summed E-state index contributed by atoms with van der Waals surface area (Å²) in [4.78, 5) is 8.81. The number of hydrogen-bond donors (Lipinski definition) is 1. The molecule has 2 heteroatoms. The van der Waals surface area contributed by atoms with Crippen LogP contribution in [-0.4, -0.2) is 17.0 Å². The van der Waals surface area contributed by atoms with E-state index in [-0.39, 0.29) is 5.60 Å². The molecule has 4 fully saturated rings. The highest BCUT2D eigenvalue weighted by atomic mass is 16.3. The number of rotatable bonds is 0. The van der Waals surface area contributed by atoms with Crippen molar-refractivity contribution in [3.63, 3.8) is 0 Å². The van der Waals surface area contributed by atoms with E-state index in [0.29, 0.717) is 0 Å². The molecular formula is C12H20O2. The number of carbonyl (C=O) groups is 1. The molecule has 0 unspecified atom stereocenters. The third-order valence-electron chi connectivity index (χ3n) is 4.01. The Labute approximate surface area is 85.7 Å². The Morgan fingerprint density at radius 1 is 1.07 bits per heavy atom. The third-order valence-corrected chi connectivity index (χ3v) is 4.01. The van der Waals surface area contributed by atoms with Crippen molar-refractivity contribution in [2.75, 3.05) is 0 Å². The van der Waals surface area contributed by atoms with Crippen molar-refractivity contribution in [2.24, 2.45) is 17.8 Å². The molecule has 0 heterocycles. The molecule has 0 saturated heterocycles. The molecule has 14 heavy (non-hydrogen) atoms. The van der Waals surface area contributed by atoms with Crippen molar-refractivity contribution in [3.8, 4) is 0 Å². The molecule has 1 N–H and O–H groups in total. The Bertz CT molecular complexity index is 187. The van der Waals surface area contributed by atoms with Gasteiger partial charge in [0.15, 0.2) is 0 Å². The van der Waals surface area contributed by atoms with Crippen LogP contribution in [0.15, 0.2) is 0 Å². The van der Waals surface area contributed by atoms with Gasteiger partial charge in [0.2, 0.25) is 0 Å². The molecule has 4 rings (SSSR count). The number of aliphatic hydroxyl groups is 1. The SMILES string of the molecule is CC=O.OC12CC3CC(CC(C3)C1)C2. The summed E-state index contributed by atoms with van der Waals surface area (Å²) in [6.45, 7) is 1.44. The van der Waals surface area contributed by atoms with Gasteiger partial charge in [-0.25, -0.2) is 0 Å². The zero-order valence-electron chi connectivity index (χ0n) is 8.91. The summed E-state index contributed by atoms with van der Waals surface area (Å²) in [6.07, 6.45) is 8.41. The van der Waals surface area contributed by atoms with Crippen LogP contribution < -0.4 is 0 Å². The van der Waals surface area contributed by atoms with Crippen LogP contribution in [0.5, 0.6) is 0 Å². The van der Waals surface area contributed by atoms with E-state index in [1.807, 2.05) is 0 Å². The van der Waals surface area contributed by atoms with Crippen molar-refractivity contribution in [1.29, 1.82) is 0 Å². The summed E-state index contributed by atoms with van der Waals surface area (Å²) < 4.78 is 0. The lowest BCUT2D eigenvalue weighted by atomic mass is 9.54. The smallest absolute Gasteiger partial charge is 0.116 e. The second-order valence-electron chi connectivity index (χ2n) is 5.38. The number of aldehydes is 1. The summed E-state index contributed by atoms with van der Waals surface area (Å²) in [6, 6.07) is 0. The van der Waals surface area contributed by atoms with Crippen LogP contribution in [-0.2, 0) is 4.79 Å². The lowest BCUT2D eigenvalue weighted by molar-refractivity contribution is -0.124. The van der Waals surface area contributed by atoms with Crippen LogP contribution in [0, 0.1) is 17.8 Å². The topological polar surface area (TPSA) is 37.3 Å². The lowest BCUT2D eigenvalue weighted by Gasteiger charge is -2.54. The first-order chi connectivity index (χ1) is 6.65. The monoisotopic (exact) mass is 196 g/mol. The normalized spacial score (nSPS) is 48.3. The largest absolute Gasteiger partial charge is 0.390 e. The molecule has 0 aromatic carbocycles. The van der Waals surface area contributed by atoms with Crippen molar-refractivity contribution in [2.45, 2.75) is 51.0 Å². The van der Waals surface area contributed by atoms with E-state index in [2.05, 4.69) is 0 Å². The van der Waals surface area contributed by atoms with Gasteiger partial charge in [0.25, 0.3) is 0 Å². The van der Waals surface area contributed by atoms with Crippen LogP contribution >= 0.6 is 0 Å². The highest BCUT2D eigenvalue weighted by Crippen LogP contribution is 2.55. The number of hydrogen-bond acceptors (Lipinski definition) is 2. The predicted octanol–water partition coefficient (Wildman–Crippen LogP) is 2.15. The lowest BCUT2D eigenvalue weighted by Crippen LogP contribution is -2.50. The molecule has 4 saturated carbocycles. The second-order valence-corrected chi connectivity index (χ2v) is 5.38. The van der Waals surface area contributed by atoms with E-state index < -0.39 is 0 Å². The molecule has 0 aliphatic heterocycles. The van der Waals surface area contributed by atoms with E-state index >= 15 is 0 Å². The third kappa shape index (κ3) is 1.85. The summed E-state index contributed by atoms with van der Waals surface area (Å²) in [5.41, 5.74) is -0.200. The van der Waals surface area contributed by atoms with Gasteiger partial charge in [-0.2, -0.15) is 0 Å². The molecule has 4 bridgehead atoms. The first kappa shape index (κ1) is 10.2. The van der Waals surface area contributed by atoms with Gasteiger partial charge in [0.05, 0.1) is 5.60 Å². The number of carbonyl (C=O) groups excluding carboxylic acids is 1. The van der Waals surface area contributed by atoms with Crippen molar-refractivity contribution in [1.82, 2.24) is 0 Å². The fourth-order valence-corrected chi connectivity index (χ4v) is 4.06. The quantitative estimate of drug-likeness (QED) is 0.603. The molecule has 0 spiro atoms. The molecule has 0 amide bonds. The minimum absolute atomic E-state index is 0.200. The Morgan fingerprint density at radius 3 is 1.57 bits per heavy atom. The van der Waals surface area contributed by atoms with Crippen molar-refractivity contribution < 1.29 is 9.90 Å². The minimum atomic E-state index is -0.200. The molecule has 80 valence electrons. The highest BCUT2D eigenvalue weighted by Gasteiger charge is 2.49. The molecule has 0 atom stereocenters. The summed E-state index contributed by atoms with van der Waals surface area (Å²) in [5.74, 6) is 2.68. The Hall–Kier alpha value is -0.370. The van der Waals surface area contributed by atoms with E-state index in [9.17, 15) is 5.11 Å². The average Bonchev–Trinajstić information content (AvgIpc) is 1.99. The average molecular weight is 196 g/mol. The molecule has 0 aromatic heterocycles. The summed E-state index contributed by atoms with van der Waals surface area (Å²) in [7, 11) is 0. The zero-order valence-corrected chi connectivity index (χ0v) is 8.91. The minimum Gasteiger partial charge on any atom is -0.390 e. The fraction of sp³-hybridized carbons (Fsp3) is 0.917. The summed E-state index contributed by atoms with van der Waals surface area (Å²) >= 11 is 0. The standard InChI is InChI=1S/C10H16O.C2H4O/c11-10-4-7-1-8(5-10)3-9(2-7)6-10;1-2-3/h7-9,11H,1-6H2;2H,1H3. The molecule has 2 nitrogen and oxygen atoms in total. The van der Waals surface area contributed by atoms with Gasteiger partial charge in [0.1, 0.15) is 6.29 Å². The maximum Gasteiger partial charge on any atom is 0.116 e. The van der Waals surface area contributed by atoms with Crippen molar-refractivity contribution in [3.05, 3.63) is 0 Å². The molecule has 0 radical (unpaired) electrons. The molecule has 4 aliphatic carbocycles. The zero-order chi connectivity index (χ0) is 10.2. The Balaban J connectivity index is 0.000000226. The van der Waals surface area contributed by atoms with Gasteiger partial charge in [-0.3, -0.25) is 0 Å². The Morgan fingerprint density at radius 2 is 1.36 bits per heavy atom. The van der Waals surface area contributed by atoms with Crippen molar-refractivity contribution >= 4 is 6.29 Å². The van der Waals surface area contributed by atoms with Gasteiger partial charge in [-0.15, -0.1) is 0 Å². The highest BCUT2D eigenvalue weighted by molar-refractivity contribution is 5.44. The maximum atomic E-state index is 10.1. The molecular weight excluding hydrogens is 176 g/mol. The fourth-order valence-electron chi connectivity index (χ4n) is 4.06. The first-order valence-corrected chi connectivity index (χ1v) is 5.77. The van der Waals surface area contributed by atoms with Crippen LogP contribution in [0.25, 0.3) is 0 Å². The van der Waals surface area contributed by atoms with Crippen LogP contribution in [0.1, 0.15) is 45.4 Å². The van der Waals surface area contributed by atoms with Gasteiger partial charge in [-0.05, 0) is 63.2 Å². The van der Waals surface area contributed by atoms with Gasteiger partial charge in [-0.1, -0.05) is 0 Å². The summed E-state index contributed by atoms with van der Waals surface area (Å²) in [5, 5.41) is 10.1. The van der Waals surface area contributed by atoms with E-state index in [4.69, 9.17) is 4.79 Å². The first-order valence-electron chi connectivity index (χ1n) is 5.77. The maximum absolute atomic E-state index is 10.1. The molecule has 4 aliphatic rings.